The number of primary amides is 1. The highest BCUT2D eigenvalue weighted by Gasteiger charge is 2.31. The Morgan fingerprint density at radius 1 is 1.60 bits per heavy atom. The van der Waals surface area contributed by atoms with Crippen molar-refractivity contribution in [3.05, 3.63) is 0 Å². The van der Waals surface area contributed by atoms with Gasteiger partial charge in [0.15, 0.2) is 0 Å². The van der Waals surface area contributed by atoms with Gasteiger partial charge in [0.25, 0.3) is 0 Å². The van der Waals surface area contributed by atoms with Gasteiger partial charge in [0.1, 0.15) is 0 Å². The van der Waals surface area contributed by atoms with Crippen molar-refractivity contribution in [3.8, 4) is 0 Å². The third-order valence-electron chi connectivity index (χ3n) is 2.81. The fourth-order valence-corrected chi connectivity index (χ4v) is 1.95. The molecule has 15 heavy (non-hydrogen) atoms. The van der Waals surface area contributed by atoms with Crippen LogP contribution in [0.3, 0.4) is 0 Å². The van der Waals surface area contributed by atoms with Gasteiger partial charge in [-0.2, -0.15) is 0 Å². The summed E-state index contributed by atoms with van der Waals surface area (Å²) in [6, 6.07) is 0. The molecule has 4 heteroatoms. The predicted molar refractivity (Wildman–Crippen MR) is 59.5 cm³/mol. The normalized spacial score (nSPS) is 24.7. The van der Waals surface area contributed by atoms with Crippen LogP contribution in [0.25, 0.3) is 0 Å². The van der Waals surface area contributed by atoms with E-state index in [1.54, 1.807) is 0 Å². The summed E-state index contributed by atoms with van der Waals surface area (Å²) in [6.45, 7) is 5.85. The lowest BCUT2D eigenvalue weighted by molar-refractivity contribution is -0.118. The van der Waals surface area contributed by atoms with E-state index in [1.807, 2.05) is 7.05 Å². The van der Waals surface area contributed by atoms with E-state index in [-0.39, 0.29) is 11.5 Å². The number of rotatable bonds is 5. The molecule has 1 saturated heterocycles. The van der Waals surface area contributed by atoms with Gasteiger partial charge in [-0.3, -0.25) is 4.79 Å². The summed E-state index contributed by atoms with van der Waals surface area (Å²) in [6.07, 6.45) is 2.94. The zero-order chi connectivity index (χ0) is 11.5. The van der Waals surface area contributed by atoms with Crippen LogP contribution in [0.4, 0.5) is 0 Å². The molecule has 1 amide bonds. The molecular weight excluding hydrogens is 192 g/mol. The van der Waals surface area contributed by atoms with Crippen LogP contribution < -0.4 is 5.73 Å². The van der Waals surface area contributed by atoms with Gasteiger partial charge in [0, 0.05) is 19.5 Å². The summed E-state index contributed by atoms with van der Waals surface area (Å²) in [5.74, 6) is -0.241. The lowest BCUT2D eigenvalue weighted by Crippen LogP contribution is -2.33. The highest BCUT2D eigenvalue weighted by atomic mass is 16.5. The van der Waals surface area contributed by atoms with Crippen LogP contribution in [0, 0.1) is 0 Å². The standard InChI is InChI=1S/C11H22N2O2/c1-11(2)6-4-9(15-11)8-13(3)7-5-10(12)14/h9H,4-8H2,1-3H3,(H2,12,14). The van der Waals surface area contributed by atoms with Gasteiger partial charge in [-0.15, -0.1) is 0 Å². The highest BCUT2D eigenvalue weighted by Crippen LogP contribution is 2.29. The van der Waals surface area contributed by atoms with Crippen molar-refractivity contribution in [2.24, 2.45) is 5.73 Å². The second-order valence-corrected chi connectivity index (χ2v) is 5.02. The number of amides is 1. The van der Waals surface area contributed by atoms with Crippen molar-refractivity contribution in [2.45, 2.75) is 44.8 Å². The molecule has 0 saturated carbocycles. The van der Waals surface area contributed by atoms with Gasteiger partial charge in [-0.1, -0.05) is 0 Å². The lowest BCUT2D eigenvalue weighted by atomic mass is 10.1. The molecule has 4 nitrogen and oxygen atoms in total. The number of hydrogen-bond acceptors (Lipinski definition) is 3. The summed E-state index contributed by atoms with van der Waals surface area (Å²) < 4.78 is 5.87. The van der Waals surface area contributed by atoms with Crippen molar-refractivity contribution in [2.75, 3.05) is 20.1 Å². The van der Waals surface area contributed by atoms with Gasteiger partial charge >= 0.3 is 0 Å². The molecule has 1 atom stereocenters. The lowest BCUT2D eigenvalue weighted by Gasteiger charge is -2.23. The second-order valence-electron chi connectivity index (χ2n) is 5.02. The molecule has 0 aromatic rings. The fourth-order valence-electron chi connectivity index (χ4n) is 1.95. The van der Waals surface area contributed by atoms with E-state index in [4.69, 9.17) is 10.5 Å². The number of nitrogens with zero attached hydrogens (tertiary/aromatic N) is 1. The number of hydrogen-bond donors (Lipinski definition) is 1. The molecule has 0 spiro atoms. The van der Waals surface area contributed by atoms with E-state index in [0.29, 0.717) is 12.5 Å². The molecule has 2 N–H and O–H groups in total. The summed E-state index contributed by atoms with van der Waals surface area (Å²) in [4.78, 5) is 12.7. The summed E-state index contributed by atoms with van der Waals surface area (Å²) in [5.41, 5.74) is 5.12. The maximum atomic E-state index is 10.6. The minimum Gasteiger partial charge on any atom is -0.371 e. The predicted octanol–water partition coefficient (Wildman–Crippen LogP) is 0.751. The Morgan fingerprint density at radius 2 is 2.27 bits per heavy atom. The Labute approximate surface area is 91.8 Å². The summed E-state index contributed by atoms with van der Waals surface area (Å²) in [5, 5.41) is 0. The molecule has 0 radical (unpaired) electrons. The Balaban J connectivity index is 2.21. The minimum atomic E-state index is -0.241. The molecule has 1 rings (SSSR count). The summed E-state index contributed by atoms with van der Waals surface area (Å²) >= 11 is 0. The molecule has 1 aliphatic rings. The van der Waals surface area contributed by atoms with E-state index in [9.17, 15) is 4.79 Å². The molecule has 0 aliphatic carbocycles. The number of carbonyl (C=O) groups is 1. The molecular formula is C11H22N2O2. The topological polar surface area (TPSA) is 55.6 Å². The van der Waals surface area contributed by atoms with Gasteiger partial charge in [0.05, 0.1) is 11.7 Å². The third kappa shape index (κ3) is 4.62. The smallest absolute Gasteiger partial charge is 0.218 e. The van der Waals surface area contributed by atoms with E-state index in [0.717, 1.165) is 25.9 Å². The van der Waals surface area contributed by atoms with Gasteiger partial charge in [-0.25, -0.2) is 0 Å². The van der Waals surface area contributed by atoms with E-state index in [1.165, 1.54) is 0 Å². The van der Waals surface area contributed by atoms with Gasteiger partial charge in [0.2, 0.25) is 5.91 Å². The minimum absolute atomic E-state index is 0.0230. The van der Waals surface area contributed by atoms with Gasteiger partial charge in [-0.05, 0) is 33.7 Å². The van der Waals surface area contributed by atoms with Crippen LogP contribution in [-0.2, 0) is 9.53 Å². The van der Waals surface area contributed by atoms with Crippen molar-refractivity contribution in [1.82, 2.24) is 4.90 Å². The average molecular weight is 214 g/mol. The summed E-state index contributed by atoms with van der Waals surface area (Å²) in [7, 11) is 2.00. The first-order valence-electron chi connectivity index (χ1n) is 5.54. The van der Waals surface area contributed by atoms with Crippen LogP contribution >= 0.6 is 0 Å². The van der Waals surface area contributed by atoms with Crippen LogP contribution in [0.1, 0.15) is 33.1 Å². The van der Waals surface area contributed by atoms with Crippen LogP contribution in [0.5, 0.6) is 0 Å². The maximum absolute atomic E-state index is 10.6. The molecule has 0 aromatic carbocycles. The van der Waals surface area contributed by atoms with E-state index >= 15 is 0 Å². The molecule has 1 fully saturated rings. The van der Waals surface area contributed by atoms with E-state index < -0.39 is 0 Å². The number of carbonyl (C=O) groups excluding carboxylic acids is 1. The number of nitrogens with two attached hydrogens (primary N) is 1. The Bertz CT molecular complexity index is 229. The first kappa shape index (κ1) is 12.5. The Kier molecular flexibility index (Phi) is 4.11. The van der Waals surface area contributed by atoms with Crippen molar-refractivity contribution in [3.63, 3.8) is 0 Å². The zero-order valence-electron chi connectivity index (χ0n) is 9.95. The fraction of sp³-hybridized carbons (Fsp3) is 0.909. The van der Waals surface area contributed by atoms with Gasteiger partial charge < -0.3 is 15.4 Å². The largest absolute Gasteiger partial charge is 0.371 e. The number of ether oxygens (including phenoxy) is 1. The Hall–Kier alpha value is -0.610. The first-order chi connectivity index (χ1) is 6.89. The number of likely N-dealkylation sites (N-methyl/N-ethyl adjacent to an activating group) is 1. The van der Waals surface area contributed by atoms with E-state index in [2.05, 4.69) is 18.7 Å². The first-order valence-corrected chi connectivity index (χ1v) is 5.54. The van der Waals surface area contributed by atoms with Crippen molar-refractivity contribution in [1.29, 1.82) is 0 Å². The Morgan fingerprint density at radius 3 is 2.73 bits per heavy atom. The SMILES string of the molecule is CN(CCC(N)=O)CC1CCC(C)(C)O1. The highest BCUT2D eigenvalue weighted by molar-refractivity contribution is 5.73. The molecule has 0 aromatic heterocycles. The van der Waals surface area contributed by atoms with Crippen molar-refractivity contribution >= 4 is 5.91 Å². The molecule has 1 heterocycles. The van der Waals surface area contributed by atoms with Crippen molar-refractivity contribution < 1.29 is 9.53 Å². The molecule has 0 bridgehead atoms. The molecule has 1 aliphatic heterocycles. The van der Waals surface area contributed by atoms with Crippen LogP contribution in [0.15, 0.2) is 0 Å². The average Bonchev–Trinajstić information content (AvgIpc) is 2.42. The van der Waals surface area contributed by atoms with Crippen LogP contribution in [0.2, 0.25) is 0 Å². The molecule has 88 valence electrons. The second kappa shape index (κ2) is 4.94. The zero-order valence-corrected chi connectivity index (χ0v) is 9.95. The maximum Gasteiger partial charge on any atom is 0.218 e. The third-order valence-corrected chi connectivity index (χ3v) is 2.81. The molecule has 1 unspecified atom stereocenters. The van der Waals surface area contributed by atoms with Crippen LogP contribution in [-0.4, -0.2) is 42.6 Å². The quantitative estimate of drug-likeness (QED) is 0.735. The monoisotopic (exact) mass is 214 g/mol.